The van der Waals surface area contributed by atoms with Crippen LogP contribution in [0.4, 0.5) is 0 Å². The monoisotopic (exact) mass is 271 g/mol. The van der Waals surface area contributed by atoms with Gasteiger partial charge in [-0.1, -0.05) is 6.92 Å². The lowest BCUT2D eigenvalue weighted by molar-refractivity contribution is 0.281. The molecular weight excluding hydrogens is 250 g/mol. The first-order valence-electron chi connectivity index (χ1n) is 6.49. The number of hydrogen-bond donors (Lipinski definition) is 0. The van der Waals surface area contributed by atoms with Gasteiger partial charge in [0.1, 0.15) is 4.90 Å². The summed E-state index contributed by atoms with van der Waals surface area (Å²) in [5.74, 6) is 0.440. The molecule has 1 unspecified atom stereocenters. The number of aromatic nitrogens is 2. The first kappa shape index (κ1) is 13.5. The van der Waals surface area contributed by atoms with E-state index in [1.807, 2.05) is 13.8 Å². The van der Waals surface area contributed by atoms with Crippen molar-refractivity contribution in [1.82, 2.24) is 14.1 Å². The van der Waals surface area contributed by atoms with E-state index in [1.54, 1.807) is 8.99 Å². The van der Waals surface area contributed by atoms with Crippen molar-refractivity contribution in [2.24, 2.45) is 5.92 Å². The molecule has 1 aliphatic heterocycles. The Morgan fingerprint density at radius 1 is 1.50 bits per heavy atom. The fourth-order valence-corrected chi connectivity index (χ4v) is 4.26. The highest BCUT2D eigenvalue weighted by Gasteiger charge is 2.31. The number of sulfonamides is 1. The molecular formula is C12H21N3O2S. The van der Waals surface area contributed by atoms with E-state index in [4.69, 9.17) is 0 Å². The maximum Gasteiger partial charge on any atom is 0.246 e. The average Bonchev–Trinajstić information content (AvgIpc) is 2.71. The topological polar surface area (TPSA) is 55.2 Å². The van der Waals surface area contributed by atoms with Crippen molar-refractivity contribution in [1.29, 1.82) is 0 Å². The Morgan fingerprint density at radius 2 is 2.22 bits per heavy atom. The Labute approximate surface area is 109 Å². The van der Waals surface area contributed by atoms with Crippen LogP contribution >= 0.6 is 0 Å². The van der Waals surface area contributed by atoms with E-state index in [0.29, 0.717) is 30.4 Å². The second-order valence-electron chi connectivity index (χ2n) is 5.02. The van der Waals surface area contributed by atoms with E-state index in [9.17, 15) is 8.42 Å². The summed E-state index contributed by atoms with van der Waals surface area (Å²) >= 11 is 0. The van der Waals surface area contributed by atoms with Crippen molar-refractivity contribution >= 4 is 10.0 Å². The van der Waals surface area contributed by atoms with Gasteiger partial charge in [-0.2, -0.15) is 9.40 Å². The van der Waals surface area contributed by atoms with Crippen molar-refractivity contribution < 1.29 is 8.42 Å². The Kier molecular flexibility index (Phi) is 3.77. The average molecular weight is 271 g/mol. The zero-order valence-electron chi connectivity index (χ0n) is 11.3. The van der Waals surface area contributed by atoms with Crippen LogP contribution in [0.5, 0.6) is 0 Å². The van der Waals surface area contributed by atoms with Crippen LogP contribution in [0.15, 0.2) is 11.1 Å². The summed E-state index contributed by atoms with van der Waals surface area (Å²) in [6, 6.07) is 0. The molecule has 2 rings (SSSR count). The van der Waals surface area contributed by atoms with Crippen LogP contribution in [0.1, 0.15) is 32.4 Å². The zero-order chi connectivity index (χ0) is 13.3. The van der Waals surface area contributed by atoms with Crippen molar-refractivity contribution in [3.05, 3.63) is 11.9 Å². The van der Waals surface area contributed by atoms with Crippen LogP contribution < -0.4 is 0 Å². The van der Waals surface area contributed by atoms with Gasteiger partial charge in [0.25, 0.3) is 0 Å². The van der Waals surface area contributed by atoms with Gasteiger partial charge in [0.15, 0.2) is 0 Å². The van der Waals surface area contributed by atoms with E-state index in [2.05, 4.69) is 12.0 Å². The highest BCUT2D eigenvalue weighted by molar-refractivity contribution is 7.89. The van der Waals surface area contributed by atoms with Gasteiger partial charge in [-0.15, -0.1) is 0 Å². The summed E-state index contributed by atoms with van der Waals surface area (Å²) < 4.78 is 28.4. The maximum absolute atomic E-state index is 12.6. The molecule has 0 saturated carbocycles. The zero-order valence-corrected chi connectivity index (χ0v) is 12.1. The molecule has 102 valence electrons. The molecule has 1 fully saturated rings. The Balaban J connectivity index is 2.32. The molecule has 6 heteroatoms. The quantitative estimate of drug-likeness (QED) is 0.839. The third-order valence-electron chi connectivity index (χ3n) is 3.60. The van der Waals surface area contributed by atoms with Crippen molar-refractivity contribution in [2.45, 2.75) is 45.1 Å². The summed E-state index contributed by atoms with van der Waals surface area (Å²) in [5, 5.41) is 4.13. The first-order valence-corrected chi connectivity index (χ1v) is 7.93. The van der Waals surface area contributed by atoms with Crippen molar-refractivity contribution in [3.63, 3.8) is 0 Å². The van der Waals surface area contributed by atoms with E-state index in [1.165, 1.54) is 6.20 Å². The van der Waals surface area contributed by atoms with E-state index >= 15 is 0 Å². The summed E-state index contributed by atoms with van der Waals surface area (Å²) in [6.07, 6.45) is 3.54. The molecule has 0 aromatic carbocycles. The standard InChI is InChI=1S/C12H21N3O2S/c1-4-15-11(3)12(8-13-15)18(16,17)14-7-5-6-10(2)9-14/h8,10H,4-7,9H2,1-3H3. The van der Waals surface area contributed by atoms with Crippen LogP contribution in [0.3, 0.4) is 0 Å². The first-order chi connectivity index (χ1) is 8.46. The SMILES string of the molecule is CCn1ncc(S(=O)(=O)N2CCCC(C)C2)c1C. The summed E-state index contributed by atoms with van der Waals surface area (Å²) in [4.78, 5) is 0.360. The second-order valence-corrected chi connectivity index (χ2v) is 6.93. The number of rotatable bonds is 3. The molecule has 1 atom stereocenters. The normalized spacial score (nSPS) is 22.3. The third kappa shape index (κ3) is 2.31. The third-order valence-corrected chi connectivity index (χ3v) is 5.56. The molecule has 1 aromatic rings. The Hall–Kier alpha value is -0.880. The van der Waals surface area contributed by atoms with Gasteiger partial charge in [-0.3, -0.25) is 4.68 Å². The molecule has 0 spiro atoms. The lowest BCUT2D eigenvalue weighted by Crippen LogP contribution is -2.39. The summed E-state index contributed by atoms with van der Waals surface area (Å²) in [6.45, 7) is 7.82. The predicted molar refractivity (Wildman–Crippen MR) is 69.8 cm³/mol. The molecule has 0 amide bonds. The van der Waals surface area contributed by atoms with Gasteiger partial charge in [0.2, 0.25) is 10.0 Å². The lowest BCUT2D eigenvalue weighted by atomic mass is 10.0. The highest BCUT2D eigenvalue weighted by atomic mass is 32.2. The van der Waals surface area contributed by atoms with Gasteiger partial charge in [-0.05, 0) is 32.6 Å². The fraction of sp³-hybridized carbons (Fsp3) is 0.750. The number of aryl methyl sites for hydroxylation is 1. The van der Waals surface area contributed by atoms with E-state index in [-0.39, 0.29) is 0 Å². The molecule has 2 heterocycles. The maximum atomic E-state index is 12.6. The molecule has 1 saturated heterocycles. The summed E-state index contributed by atoms with van der Waals surface area (Å²) in [5.41, 5.74) is 0.732. The van der Waals surface area contributed by atoms with Gasteiger partial charge < -0.3 is 0 Å². The largest absolute Gasteiger partial charge is 0.269 e. The van der Waals surface area contributed by atoms with Gasteiger partial charge in [-0.25, -0.2) is 8.42 Å². The Bertz CT molecular complexity index is 521. The number of nitrogens with zero attached hydrogens (tertiary/aromatic N) is 3. The molecule has 5 nitrogen and oxygen atoms in total. The predicted octanol–water partition coefficient (Wildman–Crippen LogP) is 1.63. The van der Waals surface area contributed by atoms with E-state index in [0.717, 1.165) is 18.5 Å². The fourth-order valence-electron chi connectivity index (χ4n) is 2.51. The van der Waals surface area contributed by atoms with Crippen LogP contribution in [0.2, 0.25) is 0 Å². The minimum atomic E-state index is -3.36. The minimum absolute atomic E-state index is 0.360. The molecule has 1 aliphatic rings. The van der Waals surface area contributed by atoms with Crippen LogP contribution in [-0.4, -0.2) is 35.6 Å². The molecule has 0 aliphatic carbocycles. The van der Waals surface area contributed by atoms with Crippen LogP contribution in [0, 0.1) is 12.8 Å². The van der Waals surface area contributed by atoms with Crippen molar-refractivity contribution in [3.8, 4) is 0 Å². The Morgan fingerprint density at radius 3 is 2.78 bits per heavy atom. The summed E-state index contributed by atoms with van der Waals surface area (Å²) in [7, 11) is -3.36. The molecule has 0 bridgehead atoms. The smallest absolute Gasteiger partial charge is 0.246 e. The molecule has 0 radical (unpaired) electrons. The molecule has 1 aromatic heterocycles. The molecule has 0 N–H and O–H groups in total. The number of hydrogen-bond acceptors (Lipinski definition) is 3. The van der Waals surface area contributed by atoms with E-state index < -0.39 is 10.0 Å². The highest BCUT2D eigenvalue weighted by Crippen LogP contribution is 2.25. The second kappa shape index (κ2) is 5.01. The van der Waals surface area contributed by atoms with Crippen LogP contribution in [0.25, 0.3) is 0 Å². The van der Waals surface area contributed by atoms with Gasteiger partial charge in [0.05, 0.1) is 11.9 Å². The molecule has 18 heavy (non-hydrogen) atoms. The van der Waals surface area contributed by atoms with Crippen molar-refractivity contribution in [2.75, 3.05) is 13.1 Å². The minimum Gasteiger partial charge on any atom is -0.269 e. The van der Waals surface area contributed by atoms with Crippen LogP contribution in [-0.2, 0) is 16.6 Å². The lowest BCUT2D eigenvalue weighted by Gasteiger charge is -2.29. The number of piperidine rings is 1. The van der Waals surface area contributed by atoms with Gasteiger partial charge in [0, 0.05) is 19.6 Å². The van der Waals surface area contributed by atoms with Gasteiger partial charge >= 0.3 is 0 Å².